The van der Waals surface area contributed by atoms with Gasteiger partial charge < -0.3 is 9.90 Å². The van der Waals surface area contributed by atoms with Gasteiger partial charge in [-0.2, -0.15) is 0 Å². The fraction of sp³-hybridized carbons (Fsp3) is 0.200. The van der Waals surface area contributed by atoms with Gasteiger partial charge in [-0.15, -0.1) is 0 Å². The van der Waals surface area contributed by atoms with Gasteiger partial charge in [-0.25, -0.2) is 4.79 Å². The van der Waals surface area contributed by atoms with Gasteiger partial charge in [0.05, 0.1) is 5.56 Å². The molecule has 0 saturated heterocycles. The highest BCUT2D eigenvalue weighted by molar-refractivity contribution is 9.10. The second-order valence-corrected chi connectivity index (χ2v) is 3.63. The van der Waals surface area contributed by atoms with E-state index in [4.69, 9.17) is 5.11 Å². The van der Waals surface area contributed by atoms with Gasteiger partial charge in [0.15, 0.2) is 0 Å². The molecule has 1 rings (SSSR count). The standard InChI is InChI=1S/C10H9BrO3/c11-9-5-1-3-8(10(13)14)7(9)4-2-6-12/h1,3,5-6H,2,4H2,(H,13,14). The van der Waals surface area contributed by atoms with E-state index in [0.717, 1.165) is 10.8 Å². The molecule has 0 fully saturated rings. The van der Waals surface area contributed by atoms with E-state index in [-0.39, 0.29) is 5.56 Å². The zero-order valence-corrected chi connectivity index (χ0v) is 8.95. The van der Waals surface area contributed by atoms with E-state index in [9.17, 15) is 9.59 Å². The van der Waals surface area contributed by atoms with Gasteiger partial charge in [-0.1, -0.05) is 22.0 Å². The molecule has 0 saturated carbocycles. The van der Waals surface area contributed by atoms with Crippen LogP contribution in [0.4, 0.5) is 0 Å². The van der Waals surface area contributed by atoms with E-state index < -0.39 is 5.97 Å². The summed E-state index contributed by atoms with van der Waals surface area (Å²) in [5.41, 5.74) is 0.924. The molecule has 0 aliphatic heterocycles. The third-order valence-corrected chi connectivity index (χ3v) is 2.60. The third-order valence-electron chi connectivity index (χ3n) is 1.86. The third kappa shape index (κ3) is 2.42. The molecule has 0 unspecified atom stereocenters. The van der Waals surface area contributed by atoms with Crippen molar-refractivity contribution in [2.75, 3.05) is 0 Å². The number of aromatic carboxylic acids is 1. The fourth-order valence-electron chi connectivity index (χ4n) is 1.22. The molecule has 0 atom stereocenters. The Labute approximate surface area is 89.9 Å². The monoisotopic (exact) mass is 256 g/mol. The van der Waals surface area contributed by atoms with Crippen molar-refractivity contribution in [2.24, 2.45) is 0 Å². The van der Waals surface area contributed by atoms with Crippen LogP contribution in [-0.2, 0) is 11.2 Å². The van der Waals surface area contributed by atoms with E-state index in [1.807, 2.05) is 0 Å². The van der Waals surface area contributed by atoms with Crippen molar-refractivity contribution in [3.63, 3.8) is 0 Å². The van der Waals surface area contributed by atoms with Crippen LogP contribution in [0, 0.1) is 0 Å². The summed E-state index contributed by atoms with van der Waals surface area (Å²) in [5.74, 6) is -0.966. The predicted molar refractivity (Wildman–Crippen MR) is 55.5 cm³/mol. The van der Waals surface area contributed by atoms with E-state index in [1.165, 1.54) is 6.07 Å². The zero-order chi connectivity index (χ0) is 10.6. The average molecular weight is 257 g/mol. The zero-order valence-electron chi connectivity index (χ0n) is 7.37. The van der Waals surface area contributed by atoms with Crippen molar-refractivity contribution < 1.29 is 14.7 Å². The molecule has 14 heavy (non-hydrogen) atoms. The first-order chi connectivity index (χ1) is 6.66. The number of rotatable bonds is 4. The van der Waals surface area contributed by atoms with Crippen LogP contribution in [0.2, 0.25) is 0 Å². The van der Waals surface area contributed by atoms with Crippen molar-refractivity contribution in [3.8, 4) is 0 Å². The molecule has 1 N–H and O–H groups in total. The molecule has 74 valence electrons. The Morgan fingerprint density at radius 2 is 2.21 bits per heavy atom. The highest BCUT2D eigenvalue weighted by Crippen LogP contribution is 2.21. The van der Waals surface area contributed by atoms with Crippen LogP contribution in [-0.4, -0.2) is 17.4 Å². The van der Waals surface area contributed by atoms with Gasteiger partial charge >= 0.3 is 5.97 Å². The predicted octanol–water partition coefficient (Wildman–Crippen LogP) is 2.28. The molecule has 0 radical (unpaired) electrons. The summed E-state index contributed by atoms with van der Waals surface area (Å²) in [5, 5.41) is 8.88. The lowest BCUT2D eigenvalue weighted by Gasteiger charge is -2.06. The minimum Gasteiger partial charge on any atom is -0.478 e. The maximum Gasteiger partial charge on any atom is 0.336 e. The van der Waals surface area contributed by atoms with Crippen LogP contribution in [0.5, 0.6) is 0 Å². The summed E-state index contributed by atoms with van der Waals surface area (Å²) in [6.45, 7) is 0. The summed E-state index contributed by atoms with van der Waals surface area (Å²) in [4.78, 5) is 21.0. The van der Waals surface area contributed by atoms with Crippen LogP contribution >= 0.6 is 15.9 Å². The first kappa shape index (κ1) is 10.9. The van der Waals surface area contributed by atoms with Crippen molar-refractivity contribution >= 4 is 28.2 Å². The molecule has 1 aromatic rings. The van der Waals surface area contributed by atoms with Crippen molar-refractivity contribution in [2.45, 2.75) is 12.8 Å². The summed E-state index contributed by atoms with van der Waals surface area (Å²) < 4.78 is 0.735. The second kappa shape index (κ2) is 4.91. The molecular formula is C10H9BrO3. The molecule has 0 bridgehead atoms. The Balaban J connectivity index is 3.08. The molecule has 1 aromatic carbocycles. The number of halogens is 1. The van der Waals surface area contributed by atoms with E-state index in [1.54, 1.807) is 12.1 Å². The molecule has 0 heterocycles. The number of carboxylic acid groups (broad SMARTS) is 1. The van der Waals surface area contributed by atoms with Crippen molar-refractivity contribution in [1.82, 2.24) is 0 Å². The van der Waals surface area contributed by atoms with Crippen LogP contribution in [0.15, 0.2) is 22.7 Å². The first-order valence-electron chi connectivity index (χ1n) is 4.11. The number of hydrogen-bond acceptors (Lipinski definition) is 2. The van der Waals surface area contributed by atoms with Gasteiger partial charge in [0.2, 0.25) is 0 Å². The van der Waals surface area contributed by atoms with Gasteiger partial charge in [-0.05, 0) is 24.1 Å². The van der Waals surface area contributed by atoms with Crippen LogP contribution < -0.4 is 0 Å². The lowest BCUT2D eigenvalue weighted by molar-refractivity contribution is -0.107. The molecule has 3 nitrogen and oxygen atoms in total. The Bertz CT molecular complexity index is 360. The summed E-state index contributed by atoms with van der Waals surface area (Å²) >= 11 is 3.27. The van der Waals surface area contributed by atoms with E-state index in [0.29, 0.717) is 18.4 Å². The summed E-state index contributed by atoms with van der Waals surface area (Å²) in [6, 6.07) is 4.97. The number of carbonyl (C=O) groups excluding carboxylic acids is 1. The highest BCUT2D eigenvalue weighted by Gasteiger charge is 2.11. The minimum atomic E-state index is -0.966. The topological polar surface area (TPSA) is 54.4 Å². The Morgan fingerprint density at radius 1 is 1.50 bits per heavy atom. The number of aldehydes is 1. The summed E-state index contributed by atoms with van der Waals surface area (Å²) in [7, 11) is 0. The maximum absolute atomic E-state index is 10.8. The lowest BCUT2D eigenvalue weighted by Crippen LogP contribution is -2.03. The lowest BCUT2D eigenvalue weighted by atomic mass is 10.0. The molecule has 4 heteroatoms. The van der Waals surface area contributed by atoms with Gasteiger partial charge in [-0.3, -0.25) is 0 Å². The number of hydrogen-bond donors (Lipinski definition) is 1. The first-order valence-corrected chi connectivity index (χ1v) is 4.90. The van der Waals surface area contributed by atoms with Crippen LogP contribution in [0.3, 0.4) is 0 Å². The second-order valence-electron chi connectivity index (χ2n) is 2.78. The van der Waals surface area contributed by atoms with Gasteiger partial charge in [0.25, 0.3) is 0 Å². The molecular weight excluding hydrogens is 248 g/mol. The average Bonchev–Trinajstić information content (AvgIpc) is 2.15. The number of carboxylic acids is 1. The van der Waals surface area contributed by atoms with E-state index >= 15 is 0 Å². The normalized spacial score (nSPS) is 9.79. The Morgan fingerprint density at radius 3 is 2.79 bits per heavy atom. The highest BCUT2D eigenvalue weighted by atomic mass is 79.9. The number of benzene rings is 1. The largest absolute Gasteiger partial charge is 0.478 e. The summed E-state index contributed by atoms with van der Waals surface area (Å²) in [6.07, 6.45) is 1.57. The van der Waals surface area contributed by atoms with Crippen molar-refractivity contribution in [3.05, 3.63) is 33.8 Å². The van der Waals surface area contributed by atoms with Gasteiger partial charge in [0, 0.05) is 10.9 Å². The van der Waals surface area contributed by atoms with Crippen LogP contribution in [0.1, 0.15) is 22.3 Å². The van der Waals surface area contributed by atoms with Crippen molar-refractivity contribution in [1.29, 1.82) is 0 Å². The SMILES string of the molecule is O=CCCc1c(Br)cccc1C(=O)O. The minimum absolute atomic E-state index is 0.251. The molecule has 0 spiro atoms. The van der Waals surface area contributed by atoms with Gasteiger partial charge in [0.1, 0.15) is 6.29 Å². The smallest absolute Gasteiger partial charge is 0.336 e. The van der Waals surface area contributed by atoms with Crippen LogP contribution in [0.25, 0.3) is 0 Å². The molecule has 0 aliphatic carbocycles. The molecule has 0 aromatic heterocycles. The van der Waals surface area contributed by atoms with E-state index in [2.05, 4.69) is 15.9 Å². The quantitative estimate of drug-likeness (QED) is 0.842. The Hall–Kier alpha value is -1.16. The fourth-order valence-corrected chi connectivity index (χ4v) is 1.78. The maximum atomic E-state index is 10.8. The molecule has 0 aliphatic rings. The molecule has 0 amide bonds. The Kier molecular flexibility index (Phi) is 3.83. The number of carbonyl (C=O) groups is 2.